The molecule has 0 aliphatic carbocycles. The van der Waals surface area contributed by atoms with Crippen LogP contribution < -0.4 is 5.32 Å². The van der Waals surface area contributed by atoms with Crippen LogP contribution in [0.15, 0.2) is 42.7 Å². The van der Waals surface area contributed by atoms with E-state index in [2.05, 4.69) is 25.8 Å². The molecule has 2 N–H and O–H groups in total. The molecule has 0 amide bonds. The summed E-state index contributed by atoms with van der Waals surface area (Å²) in [5.41, 5.74) is 1.53. The van der Waals surface area contributed by atoms with Gasteiger partial charge in [0.1, 0.15) is 0 Å². The first-order valence-electron chi connectivity index (χ1n) is 5.83. The average molecular weight is 256 g/mol. The van der Waals surface area contributed by atoms with Gasteiger partial charge >= 0.3 is 0 Å². The molecule has 3 rings (SSSR count). The van der Waals surface area contributed by atoms with E-state index < -0.39 is 0 Å². The van der Waals surface area contributed by atoms with Crippen LogP contribution in [0.25, 0.3) is 5.65 Å². The number of aromatic nitrogens is 5. The average Bonchev–Trinajstić information content (AvgIpc) is 2.95. The molecule has 2 heterocycles. The summed E-state index contributed by atoms with van der Waals surface area (Å²) in [6.45, 7) is -0.0392. The Bertz CT molecular complexity index is 668. The van der Waals surface area contributed by atoms with E-state index in [-0.39, 0.29) is 12.6 Å². The van der Waals surface area contributed by atoms with Crippen LogP contribution in [0.1, 0.15) is 11.6 Å². The van der Waals surface area contributed by atoms with E-state index in [0.29, 0.717) is 11.5 Å². The number of nitrogens with zero attached hydrogens (tertiary/aromatic N) is 5. The van der Waals surface area contributed by atoms with E-state index in [1.807, 2.05) is 30.3 Å². The second-order valence-electron chi connectivity index (χ2n) is 4.03. The molecule has 7 heteroatoms. The lowest BCUT2D eigenvalue weighted by molar-refractivity contribution is 0.276. The summed E-state index contributed by atoms with van der Waals surface area (Å²) in [6.07, 6.45) is 3.19. The molecular weight excluding hydrogens is 244 g/mol. The van der Waals surface area contributed by atoms with Crippen LogP contribution in [0.3, 0.4) is 0 Å². The van der Waals surface area contributed by atoms with Crippen molar-refractivity contribution in [3.63, 3.8) is 0 Å². The molecule has 7 nitrogen and oxygen atoms in total. The highest BCUT2D eigenvalue weighted by molar-refractivity contribution is 5.45. The molecule has 2 aromatic heterocycles. The third-order valence-corrected chi connectivity index (χ3v) is 2.82. The maximum atomic E-state index is 9.52. The fraction of sp³-hybridized carbons (Fsp3) is 0.167. The van der Waals surface area contributed by atoms with Gasteiger partial charge in [0, 0.05) is 0 Å². The van der Waals surface area contributed by atoms with E-state index in [1.54, 1.807) is 16.9 Å². The van der Waals surface area contributed by atoms with E-state index in [9.17, 15) is 5.11 Å². The topological polar surface area (TPSA) is 88.2 Å². The van der Waals surface area contributed by atoms with Crippen molar-refractivity contribution in [2.45, 2.75) is 6.04 Å². The summed E-state index contributed by atoms with van der Waals surface area (Å²) < 4.78 is 1.54. The minimum absolute atomic E-state index is 0.0392. The smallest absolute Gasteiger partial charge is 0.199 e. The summed E-state index contributed by atoms with van der Waals surface area (Å²) >= 11 is 0. The van der Waals surface area contributed by atoms with Crippen LogP contribution >= 0.6 is 0 Å². The second kappa shape index (κ2) is 4.99. The quantitative estimate of drug-likeness (QED) is 0.713. The van der Waals surface area contributed by atoms with E-state index in [4.69, 9.17) is 0 Å². The first-order chi connectivity index (χ1) is 9.38. The number of hydrogen-bond acceptors (Lipinski definition) is 6. The Balaban J connectivity index is 1.93. The minimum Gasteiger partial charge on any atom is -0.394 e. The van der Waals surface area contributed by atoms with Crippen LogP contribution in [0.4, 0.5) is 5.82 Å². The normalized spacial score (nSPS) is 12.5. The van der Waals surface area contributed by atoms with Crippen LogP contribution in [-0.2, 0) is 0 Å². The molecule has 1 atom stereocenters. The largest absolute Gasteiger partial charge is 0.394 e. The van der Waals surface area contributed by atoms with Gasteiger partial charge in [-0.1, -0.05) is 30.3 Å². The number of benzene rings is 1. The molecule has 96 valence electrons. The van der Waals surface area contributed by atoms with Crippen molar-refractivity contribution >= 4 is 11.5 Å². The molecule has 0 aliphatic heterocycles. The highest BCUT2D eigenvalue weighted by atomic mass is 16.3. The van der Waals surface area contributed by atoms with Gasteiger partial charge in [-0.2, -0.15) is 4.52 Å². The molecule has 0 spiro atoms. The predicted molar refractivity (Wildman–Crippen MR) is 68.5 cm³/mol. The number of tetrazole rings is 1. The Morgan fingerprint density at radius 1 is 1.21 bits per heavy atom. The molecule has 1 unspecified atom stereocenters. The fourth-order valence-electron chi connectivity index (χ4n) is 1.87. The maximum Gasteiger partial charge on any atom is 0.199 e. The predicted octanol–water partition coefficient (Wildman–Crippen LogP) is 0.665. The van der Waals surface area contributed by atoms with E-state index in [0.717, 1.165) is 5.56 Å². The lowest BCUT2D eigenvalue weighted by Gasteiger charge is -2.17. The number of rotatable bonds is 4. The lowest BCUT2D eigenvalue weighted by atomic mass is 10.1. The molecule has 0 bridgehead atoms. The van der Waals surface area contributed by atoms with Gasteiger partial charge in [0.05, 0.1) is 25.0 Å². The Kier molecular flexibility index (Phi) is 3.03. The van der Waals surface area contributed by atoms with Crippen molar-refractivity contribution < 1.29 is 5.11 Å². The number of fused-ring (bicyclic) bond motifs is 1. The summed E-state index contributed by atoms with van der Waals surface area (Å²) in [7, 11) is 0. The molecule has 3 aromatic rings. The van der Waals surface area contributed by atoms with Gasteiger partial charge in [-0.25, -0.2) is 0 Å². The van der Waals surface area contributed by atoms with Gasteiger partial charge in [0.25, 0.3) is 0 Å². The third-order valence-electron chi connectivity index (χ3n) is 2.82. The number of hydrogen-bond donors (Lipinski definition) is 2. The minimum atomic E-state index is -0.238. The molecule has 0 saturated heterocycles. The molecule has 0 saturated carbocycles. The summed E-state index contributed by atoms with van der Waals surface area (Å²) in [5, 5.41) is 24.0. The van der Waals surface area contributed by atoms with Gasteiger partial charge in [-0.05, 0) is 16.0 Å². The Labute approximate surface area is 108 Å². The van der Waals surface area contributed by atoms with Gasteiger partial charge in [-0.3, -0.25) is 4.98 Å². The standard InChI is InChI=1S/C12H12N6O/c19-8-10(9-4-2-1-3-5-9)14-11-6-13-7-12-15-16-17-18(11)12/h1-7,10,14,19H,8H2. The zero-order valence-electron chi connectivity index (χ0n) is 10.0. The maximum absolute atomic E-state index is 9.52. The van der Waals surface area contributed by atoms with E-state index >= 15 is 0 Å². The van der Waals surface area contributed by atoms with Crippen LogP contribution in [0.2, 0.25) is 0 Å². The Hall–Kier alpha value is -2.54. The van der Waals surface area contributed by atoms with Crippen LogP contribution in [0.5, 0.6) is 0 Å². The summed E-state index contributed by atoms with van der Waals surface area (Å²) in [6, 6.07) is 9.44. The Morgan fingerprint density at radius 3 is 2.84 bits per heavy atom. The van der Waals surface area contributed by atoms with Crippen molar-refractivity contribution in [2.75, 3.05) is 11.9 Å². The summed E-state index contributed by atoms with van der Waals surface area (Å²) in [4.78, 5) is 4.06. The lowest BCUT2D eigenvalue weighted by Crippen LogP contribution is -2.17. The van der Waals surface area contributed by atoms with Crippen molar-refractivity contribution in [2.24, 2.45) is 0 Å². The molecule has 19 heavy (non-hydrogen) atoms. The number of aliphatic hydroxyl groups excluding tert-OH is 1. The fourth-order valence-corrected chi connectivity index (χ4v) is 1.87. The highest BCUT2D eigenvalue weighted by Gasteiger charge is 2.12. The highest BCUT2D eigenvalue weighted by Crippen LogP contribution is 2.18. The second-order valence-corrected chi connectivity index (χ2v) is 4.03. The van der Waals surface area contributed by atoms with E-state index in [1.165, 1.54) is 0 Å². The molecular formula is C12H12N6O. The van der Waals surface area contributed by atoms with Crippen molar-refractivity contribution in [1.82, 2.24) is 25.0 Å². The van der Waals surface area contributed by atoms with Gasteiger partial charge in [0.15, 0.2) is 11.5 Å². The zero-order chi connectivity index (χ0) is 13.1. The first kappa shape index (κ1) is 11.5. The SMILES string of the molecule is OCC(Nc1cncc2nnnn12)c1ccccc1. The van der Waals surface area contributed by atoms with Crippen molar-refractivity contribution in [3.8, 4) is 0 Å². The number of anilines is 1. The van der Waals surface area contributed by atoms with Gasteiger partial charge < -0.3 is 10.4 Å². The number of aliphatic hydroxyl groups is 1. The third kappa shape index (κ3) is 2.23. The molecule has 0 aliphatic rings. The van der Waals surface area contributed by atoms with Crippen molar-refractivity contribution in [3.05, 3.63) is 48.3 Å². The van der Waals surface area contributed by atoms with Gasteiger partial charge in [-0.15, -0.1) is 5.10 Å². The number of nitrogens with one attached hydrogen (secondary N) is 1. The van der Waals surface area contributed by atoms with Crippen molar-refractivity contribution in [1.29, 1.82) is 0 Å². The molecule has 1 aromatic carbocycles. The van der Waals surface area contributed by atoms with Gasteiger partial charge in [0.2, 0.25) is 0 Å². The monoisotopic (exact) mass is 256 g/mol. The molecule has 0 radical (unpaired) electrons. The summed E-state index contributed by atoms with van der Waals surface area (Å²) in [5.74, 6) is 0.630. The van der Waals surface area contributed by atoms with Crippen LogP contribution in [0, 0.1) is 0 Å². The first-order valence-corrected chi connectivity index (χ1v) is 5.83. The molecule has 0 fully saturated rings. The zero-order valence-corrected chi connectivity index (χ0v) is 10.0. The van der Waals surface area contributed by atoms with Crippen LogP contribution in [-0.4, -0.2) is 36.7 Å². The Morgan fingerprint density at radius 2 is 2.05 bits per heavy atom.